The van der Waals surface area contributed by atoms with E-state index in [0.717, 1.165) is 24.3 Å². The molecular weight excluding hydrogens is 577 g/mol. The molecule has 0 aliphatic heterocycles. The topological polar surface area (TPSA) is 103 Å². The van der Waals surface area contributed by atoms with Gasteiger partial charge in [-0.3, -0.25) is 4.79 Å². The van der Waals surface area contributed by atoms with Crippen LogP contribution in [0.15, 0.2) is 41.3 Å². The number of para-hydroxylation sites is 1. The molecule has 0 fully saturated rings. The van der Waals surface area contributed by atoms with E-state index in [1.54, 1.807) is 0 Å². The third-order valence-electron chi connectivity index (χ3n) is 3.96. The molecular formula is C17H7Cl3F6N4O4S. The molecule has 35 heavy (non-hydrogen) atoms. The second-order valence-corrected chi connectivity index (χ2v) is 9.22. The first-order valence-corrected chi connectivity index (χ1v) is 11.2. The molecule has 0 atom stereocenters. The summed E-state index contributed by atoms with van der Waals surface area (Å²) in [5.74, 6) is -3.19. The molecule has 1 amide bonds. The van der Waals surface area contributed by atoms with E-state index in [9.17, 15) is 39.6 Å². The van der Waals surface area contributed by atoms with Crippen LogP contribution in [0.2, 0.25) is 15.1 Å². The summed E-state index contributed by atoms with van der Waals surface area (Å²) in [6.45, 7) is 0. The smallest absolute Gasteiger partial charge is 0.404 e. The molecule has 1 N–H and O–H groups in total. The van der Waals surface area contributed by atoms with E-state index < -0.39 is 56.2 Å². The lowest BCUT2D eigenvalue weighted by Gasteiger charge is -2.14. The molecule has 0 bridgehead atoms. The molecule has 0 saturated heterocycles. The first-order valence-electron chi connectivity index (χ1n) is 8.61. The van der Waals surface area contributed by atoms with Gasteiger partial charge in [-0.2, -0.15) is 13.2 Å². The maximum atomic E-state index is 13.8. The third kappa shape index (κ3) is 5.91. The highest BCUT2D eigenvalue weighted by molar-refractivity contribution is 7.90. The number of hydrogen-bond acceptors (Lipinski definition) is 6. The third-order valence-corrected chi connectivity index (χ3v) is 6.36. The van der Waals surface area contributed by atoms with Crippen molar-refractivity contribution in [2.24, 2.45) is 0 Å². The Labute approximate surface area is 206 Å². The van der Waals surface area contributed by atoms with Gasteiger partial charge in [0.1, 0.15) is 10.6 Å². The number of hydrogen-bond donors (Lipinski definition) is 1. The molecule has 0 aliphatic carbocycles. The standard InChI is InChI=1S/C17H7Cl3F6N4O4S/c18-7-5-9(20)10(6-8(7)19)30-14(16(21,22)23)13(27-29-30)15(31)28-35(32,33)12-4-2-1-3-11(12)34-17(24,25)26/h1-6H,(H,28,31). The monoisotopic (exact) mass is 582 g/mol. The number of ether oxygens (including phenoxy) is 1. The molecule has 8 nitrogen and oxygen atoms in total. The molecule has 18 heteroatoms. The van der Waals surface area contributed by atoms with Crippen molar-refractivity contribution >= 4 is 50.7 Å². The molecule has 0 unspecified atom stereocenters. The van der Waals surface area contributed by atoms with Crippen LogP contribution >= 0.6 is 34.8 Å². The summed E-state index contributed by atoms with van der Waals surface area (Å²) in [7, 11) is -5.18. The van der Waals surface area contributed by atoms with E-state index in [2.05, 4.69) is 15.0 Å². The lowest BCUT2D eigenvalue weighted by atomic mass is 10.2. The summed E-state index contributed by atoms with van der Waals surface area (Å²) >= 11 is 17.5. The van der Waals surface area contributed by atoms with Crippen LogP contribution in [0, 0.1) is 0 Å². The summed E-state index contributed by atoms with van der Waals surface area (Å²) < 4.78 is 109. The SMILES string of the molecule is O=C(NS(=O)(=O)c1ccccc1OC(F)(F)F)c1nnn(-c2cc(Cl)c(Cl)cc2Cl)c1C(F)(F)F. The van der Waals surface area contributed by atoms with Gasteiger partial charge in [-0.05, 0) is 24.3 Å². The van der Waals surface area contributed by atoms with Crippen molar-refractivity contribution in [3.8, 4) is 11.4 Å². The second-order valence-electron chi connectivity index (χ2n) is 6.34. The summed E-state index contributed by atoms with van der Waals surface area (Å²) in [5.41, 5.74) is -3.89. The normalized spacial score (nSPS) is 12.5. The highest BCUT2D eigenvalue weighted by Gasteiger charge is 2.43. The highest BCUT2D eigenvalue weighted by Crippen LogP contribution is 2.37. The van der Waals surface area contributed by atoms with Crippen LogP contribution in [-0.2, 0) is 16.2 Å². The van der Waals surface area contributed by atoms with Crippen molar-refractivity contribution < 1.29 is 44.3 Å². The molecule has 1 heterocycles. The van der Waals surface area contributed by atoms with Crippen LogP contribution in [-0.4, -0.2) is 35.7 Å². The average Bonchev–Trinajstić information content (AvgIpc) is 3.15. The molecule has 0 aliphatic rings. The number of amides is 1. The summed E-state index contributed by atoms with van der Waals surface area (Å²) in [4.78, 5) is 11.3. The zero-order valence-corrected chi connectivity index (χ0v) is 19.3. The molecule has 188 valence electrons. The summed E-state index contributed by atoms with van der Waals surface area (Å²) in [6, 6.07) is 5.12. The van der Waals surface area contributed by atoms with Crippen LogP contribution in [0.3, 0.4) is 0 Å². The Bertz CT molecular complexity index is 1410. The van der Waals surface area contributed by atoms with Gasteiger partial charge in [0.05, 0.1) is 20.8 Å². The fourth-order valence-electron chi connectivity index (χ4n) is 2.64. The number of sulfonamides is 1. The second kappa shape index (κ2) is 9.37. The van der Waals surface area contributed by atoms with Gasteiger partial charge in [-0.15, -0.1) is 18.3 Å². The van der Waals surface area contributed by atoms with Gasteiger partial charge in [0, 0.05) is 0 Å². The zero-order chi connectivity index (χ0) is 26.3. The number of nitrogens with one attached hydrogen (secondary N) is 1. The average molecular weight is 584 g/mol. The van der Waals surface area contributed by atoms with Crippen LogP contribution in [0.5, 0.6) is 5.75 Å². The van der Waals surface area contributed by atoms with E-state index in [0.29, 0.717) is 12.1 Å². The summed E-state index contributed by atoms with van der Waals surface area (Å²) in [6.07, 6.45) is -10.6. The van der Waals surface area contributed by atoms with Crippen LogP contribution in [0.25, 0.3) is 5.69 Å². The van der Waals surface area contributed by atoms with Gasteiger partial charge in [0.25, 0.3) is 15.9 Å². The molecule has 0 spiro atoms. The molecule has 0 radical (unpaired) electrons. The van der Waals surface area contributed by atoms with Crippen LogP contribution in [0.1, 0.15) is 16.2 Å². The van der Waals surface area contributed by atoms with Gasteiger partial charge < -0.3 is 4.74 Å². The number of nitrogens with zero attached hydrogens (tertiary/aromatic N) is 3. The van der Waals surface area contributed by atoms with Gasteiger partial charge in [-0.25, -0.2) is 17.8 Å². The molecule has 1 aromatic heterocycles. The minimum absolute atomic E-state index is 0.0762. The van der Waals surface area contributed by atoms with Gasteiger partial charge in [0.2, 0.25) is 0 Å². The fraction of sp³-hybridized carbons (Fsp3) is 0.118. The lowest BCUT2D eigenvalue weighted by Crippen LogP contribution is -2.33. The Morgan fingerprint density at radius 1 is 0.971 bits per heavy atom. The lowest BCUT2D eigenvalue weighted by molar-refractivity contribution is -0.275. The van der Waals surface area contributed by atoms with E-state index in [4.69, 9.17) is 34.8 Å². The van der Waals surface area contributed by atoms with Gasteiger partial charge in [-0.1, -0.05) is 52.1 Å². The minimum atomic E-state index is -5.34. The Kier molecular flexibility index (Phi) is 7.19. The Morgan fingerprint density at radius 2 is 1.57 bits per heavy atom. The predicted molar refractivity (Wildman–Crippen MR) is 109 cm³/mol. The van der Waals surface area contributed by atoms with Crippen molar-refractivity contribution in [1.82, 2.24) is 19.7 Å². The first-order chi connectivity index (χ1) is 16.0. The Morgan fingerprint density at radius 3 is 2.17 bits per heavy atom. The van der Waals surface area contributed by atoms with Crippen LogP contribution < -0.4 is 9.46 Å². The van der Waals surface area contributed by atoms with E-state index in [1.165, 1.54) is 4.72 Å². The molecule has 2 aromatic carbocycles. The van der Waals surface area contributed by atoms with Crippen molar-refractivity contribution in [3.63, 3.8) is 0 Å². The fourth-order valence-corrected chi connectivity index (χ4v) is 4.34. The number of carbonyl (C=O) groups excluding carboxylic acids is 1. The zero-order valence-electron chi connectivity index (χ0n) is 16.2. The number of halogens is 9. The van der Waals surface area contributed by atoms with Crippen molar-refractivity contribution in [1.29, 1.82) is 0 Å². The molecule has 3 rings (SSSR count). The van der Waals surface area contributed by atoms with E-state index in [-0.39, 0.29) is 19.7 Å². The predicted octanol–water partition coefficient (Wildman–Crippen LogP) is 5.26. The molecule has 3 aromatic rings. The summed E-state index contributed by atoms with van der Waals surface area (Å²) in [5, 5.41) is 5.56. The van der Waals surface area contributed by atoms with Crippen molar-refractivity contribution in [2.45, 2.75) is 17.4 Å². The van der Waals surface area contributed by atoms with Gasteiger partial charge >= 0.3 is 12.5 Å². The number of aromatic nitrogens is 3. The number of benzene rings is 2. The molecule has 0 saturated carbocycles. The highest BCUT2D eigenvalue weighted by atomic mass is 35.5. The largest absolute Gasteiger partial charge is 0.573 e. The van der Waals surface area contributed by atoms with Gasteiger partial charge in [0.15, 0.2) is 11.4 Å². The van der Waals surface area contributed by atoms with E-state index in [1.807, 2.05) is 0 Å². The minimum Gasteiger partial charge on any atom is -0.404 e. The Balaban J connectivity index is 2.07. The Hall–Kier alpha value is -2.75. The quantitative estimate of drug-likeness (QED) is 0.325. The van der Waals surface area contributed by atoms with Crippen molar-refractivity contribution in [2.75, 3.05) is 0 Å². The van der Waals surface area contributed by atoms with Crippen LogP contribution in [0.4, 0.5) is 26.3 Å². The van der Waals surface area contributed by atoms with Crippen molar-refractivity contribution in [3.05, 3.63) is 62.9 Å². The maximum absolute atomic E-state index is 13.8. The first kappa shape index (κ1) is 26.8. The van der Waals surface area contributed by atoms with E-state index >= 15 is 0 Å². The number of rotatable bonds is 5. The number of carbonyl (C=O) groups is 1. The maximum Gasteiger partial charge on any atom is 0.573 e. The number of alkyl halides is 6.